The van der Waals surface area contributed by atoms with Crippen molar-refractivity contribution >= 4 is 5.96 Å². The van der Waals surface area contributed by atoms with Crippen molar-refractivity contribution in [3.8, 4) is 0 Å². The topological polar surface area (TPSA) is 63.9 Å². The molecule has 0 saturated carbocycles. The smallest absolute Gasteiger partial charge is 0.193 e. The third kappa shape index (κ3) is 6.49. The van der Waals surface area contributed by atoms with Crippen molar-refractivity contribution in [1.82, 2.24) is 20.0 Å². The molecule has 0 unspecified atom stereocenters. The summed E-state index contributed by atoms with van der Waals surface area (Å²) in [5, 5.41) is 7.61. The van der Waals surface area contributed by atoms with E-state index in [1.165, 1.54) is 0 Å². The number of ether oxygens (including phenoxy) is 2. The predicted octanol–water partition coefficient (Wildman–Crippen LogP) is 1.37. The molecule has 0 amide bonds. The van der Waals surface area contributed by atoms with Crippen LogP contribution in [0.4, 0.5) is 0 Å². The largest absolute Gasteiger partial charge is 0.385 e. The number of aromatic nitrogens is 2. The SMILES string of the molecule is CCNC(=NCCn1cccn1)N1CCC(OCCCOC)CC1. The minimum Gasteiger partial charge on any atom is -0.385 e. The summed E-state index contributed by atoms with van der Waals surface area (Å²) in [5.74, 6) is 1.00. The average Bonchev–Trinajstić information content (AvgIpc) is 3.12. The first kappa shape index (κ1) is 18.7. The van der Waals surface area contributed by atoms with Crippen LogP contribution in [0.2, 0.25) is 0 Å². The van der Waals surface area contributed by atoms with Crippen LogP contribution in [-0.2, 0) is 16.0 Å². The molecule has 1 N–H and O–H groups in total. The molecule has 7 heteroatoms. The van der Waals surface area contributed by atoms with Crippen LogP contribution in [0.25, 0.3) is 0 Å². The van der Waals surface area contributed by atoms with E-state index in [-0.39, 0.29) is 0 Å². The van der Waals surface area contributed by atoms with E-state index in [1.807, 2.05) is 16.9 Å². The van der Waals surface area contributed by atoms with Gasteiger partial charge >= 0.3 is 0 Å². The van der Waals surface area contributed by atoms with Crippen molar-refractivity contribution in [3.63, 3.8) is 0 Å². The summed E-state index contributed by atoms with van der Waals surface area (Å²) in [4.78, 5) is 7.07. The molecule has 0 aromatic carbocycles. The molecule has 2 rings (SSSR count). The Bertz CT molecular complexity index is 456. The Labute approximate surface area is 145 Å². The first-order valence-corrected chi connectivity index (χ1v) is 8.94. The lowest BCUT2D eigenvalue weighted by Gasteiger charge is -2.34. The molecule has 136 valence electrons. The molecule has 0 spiro atoms. The van der Waals surface area contributed by atoms with Crippen molar-refractivity contribution in [3.05, 3.63) is 18.5 Å². The van der Waals surface area contributed by atoms with E-state index in [1.54, 1.807) is 13.3 Å². The minimum atomic E-state index is 0.366. The molecule has 2 heterocycles. The van der Waals surface area contributed by atoms with Gasteiger partial charge in [0, 0.05) is 52.4 Å². The summed E-state index contributed by atoms with van der Waals surface area (Å²) in [5.41, 5.74) is 0. The number of guanidine groups is 1. The highest BCUT2D eigenvalue weighted by atomic mass is 16.5. The van der Waals surface area contributed by atoms with Gasteiger partial charge in [0.25, 0.3) is 0 Å². The van der Waals surface area contributed by atoms with E-state index < -0.39 is 0 Å². The Kier molecular flexibility index (Phi) is 8.62. The quantitative estimate of drug-likeness (QED) is 0.419. The molecule has 7 nitrogen and oxygen atoms in total. The summed E-state index contributed by atoms with van der Waals surface area (Å²) in [7, 11) is 1.73. The van der Waals surface area contributed by atoms with Crippen LogP contribution >= 0.6 is 0 Å². The highest BCUT2D eigenvalue weighted by molar-refractivity contribution is 5.80. The Morgan fingerprint density at radius 1 is 1.33 bits per heavy atom. The zero-order valence-corrected chi connectivity index (χ0v) is 15.0. The zero-order valence-electron chi connectivity index (χ0n) is 15.0. The fraction of sp³-hybridized carbons (Fsp3) is 0.765. The Balaban J connectivity index is 1.73. The lowest BCUT2D eigenvalue weighted by Crippen LogP contribution is -2.47. The Morgan fingerprint density at radius 3 is 2.83 bits per heavy atom. The van der Waals surface area contributed by atoms with Crippen LogP contribution in [0.15, 0.2) is 23.5 Å². The number of nitrogens with zero attached hydrogens (tertiary/aromatic N) is 4. The Morgan fingerprint density at radius 2 is 2.17 bits per heavy atom. The maximum atomic E-state index is 5.92. The van der Waals surface area contributed by atoms with Gasteiger partial charge in [-0.3, -0.25) is 9.67 Å². The van der Waals surface area contributed by atoms with Gasteiger partial charge in [-0.15, -0.1) is 0 Å². The lowest BCUT2D eigenvalue weighted by molar-refractivity contribution is 0.00990. The van der Waals surface area contributed by atoms with Gasteiger partial charge in [-0.25, -0.2) is 0 Å². The van der Waals surface area contributed by atoms with Crippen LogP contribution in [-0.4, -0.2) is 73.2 Å². The molecule has 1 fully saturated rings. The molecular weight excluding hydrogens is 306 g/mol. The number of rotatable bonds is 9. The van der Waals surface area contributed by atoms with E-state index >= 15 is 0 Å². The molecule has 1 aromatic rings. The fourth-order valence-corrected chi connectivity index (χ4v) is 2.80. The van der Waals surface area contributed by atoms with Crippen LogP contribution < -0.4 is 5.32 Å². The van der Waals surface area contributed by atoms with Gasteiger partial charge in [-0.1, -0.05) is 0 Å². The number of piperidine rings is 1. The molecule has 24 heavy (non-hydrogen) atoms. The molecule has 1 aliphatic heterocycles. The molecule has 0 bridgehead atoms. The number of methoxy groups -OCH3 is 1. The zero-order chi connectivity index (χ0) is 17.0. The van der Waals surface area contributed by atoms with Gasteiger partial charge in [0.15, 0.2) is 5.96 Å². The molecule has 0 radical (unpaired) electrons. The molecule has 0 atom stereocenters. The number of hydrogen-bond donors (Lipinski definition) is 1. The summed E-state index contributed by atoms with van der Waals surface area (Å²) in [6.45, 7) is 8.06. The van der Waals surface area contributed by atoms with Crippen molar-refractivity contribution in [1.29, 1.82) is 0 Å². The van der Waals surface area contributed by atoms with Gasteiger partial charge in [0.1, 0.15) is 0 Å². The van der Waals surface area contributed by atoms with Crippen LogP contribution in [0.3, 0.4) is 0 Å². The standard InChI is InChI=1S/C17H31N5O2/c1-3-18-17(19-9-13-22-10-4-8-20-22)21-11-6-16(7-12-21)24-15-5-14-23-2/h4,8,10,16H,3,5-7,9,11-15H2,1-2H3,(H,18,19). The maximum absolute atomic E-state index is 5.92. The predicted molar refractivity (Wildman–Crippen MR) is 95.2 cm³/mol. The van der Waals surface area contributed by atoms with Crippen LogP contribution in [0.1, 0.15) is 26.2 Å². The van der Waals surface area contributed by atoms with E-state index in [0.717, 1.165) is 71.2 Å². The van der Waals surface area contributed by atoms with Gasteiger partial charge in [0.05, 0.1) is 19.2 Å². The number of nitrogens with one attached hydrogen (secondary N) is 1. The molecular formula is C17H31N5O2. The second-order valence-corrected chi connectivity index (χ2v) is 5.91. The van der Waals surface area contributed by atoms with E-state index in [0.29, 0.717) is 6.10 Å². The maximum Gasteiger partial charge on any atom is 0.193 e. The summed E-state index contributed by atoms with van der Waals surface area (Å²) >= 11 is 0. The summed E-state index contributed by atoms with van der Waals surface area (Å²) < 4.78 is 12.9. The number of aliphatic imine (C=N–C) groups is 1. The molecule has 1 saturated heterocycles. The van der Waals surface area contributed by atoms with Crippen LogP contribution in [0, 0.1) is 0 Å². The van der Waals surface area contributed by atoms with Crippen molar-refractivity contribution < 1.29 is 9.47 Å². The molecule has 0 aliphatic carbocycles. The van der Waals surface area contributed by atoms with Gasteiger partial charge in [0.2, 0.25) is 0 Å². The molecule has 1 aromatic heterocycles. The summed E-state index contributed by atoms with van der Waals surface area (Å²) in [6, 6.07) is 1.94. The number of likely N-dealkylation sites (tertiary alicyclic amines) is 1. The highest BCUT2D eigenvalue weighted by Gasteiger charge is 2.21. The number of hydrogen-bond acceptors (Lipinski definition) is 4. The lowest BCUT2D eigenvalue weighted by atomic mass is 10.1. The molecule has 1 aliphatic rings. The first-order valence-electron chi connectivity index (χ1n) is 8.94. The Hall–Kier alpha value is -1.60. The van der Waals surface area contributed by atoms with Gasteiger partial charge < -0.3 is 19.7 Å². The monoisotopic (exact) mass is 337 g/mol. The minimum absolute atomic E-state index is 0.366. The normalized spacial score (nSPS) is 16.6. The van der Waals surface area contributed by atoms with E-state index in [9.17, 15) is 0 Å². The van der Waals surface area contributed by atoms with E-state index in [4.69, 9.17) is 14.5 Å². The highest BCUT2D eigenvalue weighted by Crippen LogP contribution is 2.14. The summed E-state index contributed by atoms with van der Waals surface area (Å²) in [6.07, 6.45) is 7.20. The second kappa shape index (κ2) is 11.0. The second-order valence-electron chi connectivity index (χ2n) is 5.91. The van der Waals surface area contributed by atoms with Crippen molar-refractivity contribution in [2.45, 2.75) is 38.8 Å². The van der Waals surface area contributed by atoms with Crippen molar-refractivity contribution in [2.75, 3.05) is 46.5 Å². The third-order valence-corrected chi connectivity index (χ3v) is 4.07. The van der Waals surface area contributed by atoms with Gasteiger partial charge in [-0.2, -0.15) is 5.10 Å². The van der Waals surface area contributed by atoms with Crippen molar-refractivity contribution in [2.24, 2.45) is 4.99 Å². The first-order chi connectivity index (χ1) is 11.8. The van der Waals surface area contributed by atoms with Crippen LogP contribution in [0.5, 0.6) is 0 Å². The fourth-order valence-electron chi connectivity index (χ4n) is 2.80. The third-order valence-electron chi connectivity index (χ3n) is 4.07. The van der Waals surface area contributed by atoms with Gasteiger partial charge in [-0.05, 0) is 32.3 Å². The van der Waals surface area contributed by atoms with E-state index in [2.05, 4.69) is 22.2 Å². The average molecular weight is 337 g/mol.